The minimum Gasteiger partial charge on any atom is -0.479 e. The van der Waals surface area contributed by atoms with Gasteiger partial charge in [0, 0.05) is 6.42 Å². The summed E-state index contributed by atoms with van der Waals surface area (Å²) in [4.78, 5) is 22.0. The lowest BCUT2D eigenvalue weighted by Crippen LogP contribution is -2.46. The maximum Gasteiger partial charge on any atom is 0.337 e. The highest BCUT2D eigenvalue weighted by Gasteiger charge is 2.30. The summed E-state index contributed by atoms with van der Waals surface area (Å²) in [7, 11) is 0. The van der Waals surface area contributed by atoms with Crippen molar-refractivity contribution in [3.63, 3.8) is 0 Å². The van der Waals surface area contributed by atoms with Gasteiger partial charge in [0.05, 0.1) is 6.54 Å². The van der Waals surface area contributed by atoms with Crippen molar-refractivity contribution in [3.8, 4) is 0 Å². The third-order valence-corrected chi connectivity index (χ3v) is 2.72. The molecule has 0 spiro atoms. The van der Waals surface area contributed by atoms with E-state index in [0.717, 1.165) is 19.8 Å². The zero-order valence-electron chi connectivity index (χ0n) is 10.1. The maximum absolute atomic E-state index is 11.4. The van der Waals surface area contributed by atoms with Gasteiger partial charge < -0.3 is 15.5 Å². The number of aliphatic carboxylic acids is 1. The molecule has 0 heterocycles. The molecule has 0 saturated carbocycles. The molecule has 0 aliphatic carbocycles. The fraction of sp³-hybridized carbons (Fsp3) is 0.818. The highest BCUT2D eigenvalue weighted by Crippen LogP contribution is 2.12. The molecule has 0 rings (SSSR count). The van der Waals surface area contributed by atoms with E-state index in [2.05, 4.69) is 5.32 Å². The molecule has 0 aliphatic heterocycles. The van der Waals surface area contributed by atoms with E-state index in [4.69, 9.17) is 5.11 Å². The standard InChI is InChI=1S/C11H21NO4/c1-4-8(5-2)6-9(13)12-7-11(3,16)10(14)15/h8,16H,4-7H2,1-3H3,(H,12,13)(H,14,15). The number of carbonyl (C=O) groups excluding carboxylic acids is 1. The molecule has 3 N–H and O–H groups in total. The van der Waals surface area contributed by atoms with Crippen LogP contribution in [0.3, 0.4) is 0 Å². The molecule has 1 atom stereocenters. The lowest BCUT2D eigenvalue weighted by molar-refractivity contribution is -0.156. The molecule has 94 valence electrons. The second-order valence-corrected chi connectivity index (χ2v) is 4.24. The Morgan fingerprint density at radius 3 is 2.19 bits per heavy atom. The van der Waals surface area contributed by atoms with E-state index in [1.165, 1.54) is 0 Å². The van der Waals surface area contributed by atoms with Gasteiger partial charge in [-0.25, -0.2) is 4.79 Å². The average molecular weight is 231 g/mol. The van der Waals surface area contributed by atoms with Gasteiger partial charge in [0.1, 0.15) is 0 Å². The summed E-state index contributed by atoms with van der Waals surface area (Å²) in [6, 6.07) is 0. The number of nitrogens with one attached hydrogen (secondary N) is 1. The first-order valence-electron chi connectivity index (χ1n) is 5.56. The summed E-state index contributed by atoms with van der Waals surface area (Å²) in [5.41, 5.74) is -1.90. The normalized spacial score (nSPS) is 14.6. The Morgan fingerprint density at radius 2 is 1.81 bits per heavy atom. The smallest absolute Gasteiger partial charge is 0.337 e. The number of amides is 1. The van der Waals surface area contributed by atoms with Gasteiger partial charge in [0.25, 0.3) is 0 Å². The van der Waals surface area contributed by atoms with Gasteiger partial charge in [-0.1, -0.05) is 26.7 Å². The summed E-state index contributed by atoms with van der Waals surface area (Å²) in [6.45, 7) is 4.91. The van der Waals surface area contributed by atoms with Gasteiger partial charge in [-0.05, 0) is 12.8 Å². The van der Waals surface area contributed by atoms with Crippen molar-refractivity contribution >= 4 is 11.9 Å². The van der Waals surface area contributed by atoms with Crippen LogP contribution in [0.2, 0.25) is 0 Å². The highest BCUT2D eigenvalue weighted by molar-refractivity contribution is 5.80. The van der Waals surface area contributed by atoms with Crippen LogP contribution in [0.1, 0.15) is 40.0 Å². The van der Waals surface area contributed by atoms with Crippen LogP contribution >= 0.6 is 0 Å². The van der Waals surface area contributed by atoms with Crippen LogP contribution in [-0.2, 0) is 9.59 Å². The van der Waals surface area contributed by atoms with Crippen LogP contribution in [-0.4, -0.2) is 34.2 Å². The molecule has 0 bridgehead atoms. The first kappa shape index (κ1) is 14.9. The second kappa shape index (κ2) is 6.48. The van der Waals surface area contributed by atoms with Gasteiger partial charge in [-0.3, -0.25) is 4.79 Å². The Labute approximate surface area is 95.9 Å². The molecular formula is C11H21NO4. The number of rotatable bonds is 7. The maximum atomic E-state index is 11.4. The number of hydrogen-bond acceptors (Lipinski definition) is 3. The predicted octanol–water partition coefficient (Wildman–Crippen LogP) is 0.764. The van der Waals surface area contributed by atoms with Gasteiger partial charge in [0.2, 0.25) is 5.91 Å². The van der Waals surface area contributed by atoms with Crippen molar-refractivity contribution in [2.24, 2.45) is 5.92 Å². The highest BCUT2D eigenvalue weighted by atomic mass is 16.4. The van der Waals surface area contributed by atoms with Crippen LogP contribution in [0.4, 0.5) is 0 Å². The van der Waals surface area contributed by atoms with E-state index in [9.17, 15) is 14.7 Å². The Morgan fingerprint density at radius 1 is 1.31 bits per heavy atom. The van der Waals surface area contributed by atoms with Gasteiger partial charge in [-0.15, -0.1) is 0 Å². The van der Waals surface area contributed by atoms with Crippen LogP contribution in [0.15, 0.2) is 0 Å². The molecule has 0 aliphatic rings. The largest absolute Gasteiger partial charge is 0.479 e. The Bertz CT molecular complexity index is 246. The molecule has 0 fully saturated rings. The summed E-state index contributed by atoms with van der Waals surface area (Å²) < 4.78 is 0. The lowest BCUT2D eigenvalue weighted by Gasteiger charge is -2.19. The zero-order valence-corrected chi connectivity index (χ0v) is 10.1. The molecule has 0 aromatic heterocycles. The van der Waals surface area contributed by atoms with Crippen molar-refractivity contribution in [3.05, 3.63) is 0 Å². The summed E-state index contributed by atoms with van der Waals surface area (Å²) in [5, 5.41) is 20.4. The topological polar surface area (TPSA) is 86.6 Å². The van der Waals surface area contributed by atoms with Crippen molar-refractivity contribution in [1.29, 1.82) is 0 Å². The van der Waals surface area contributed by atoms with E-state index >= 15 is 0 Å². The van der Waals surface area contributed by atoms with Crippen LogP contribution in [0.5, 0.6) is 0 Å². The number of carboxylic acid groups (broad SMARTS) is 1. The first-order valence-corrected chi connectivity index (χ1v) is 5.56. The molecule has 5 heteroatoms. The van der Waals surface area contributed by atoms with E-state index < -0.39 is 11.6 Å². The molecule has 0 saturated heterocycles. The molecule has 16 heavy (non-hydrogen) atoms. The van der Waals surface area contributed by atoms with Gasteiger partial charge >= 0.3 is 5.97 Å². The first-order chi connectivity index (χ1) is 7.33. The summed E-state index contributed by atoms with van der Waals surface area (Å²) in [5.74, 6) is -1.24. The van der Waals surface area contributed by atoms with E-state index in [0.29, 0.717) is 12.3 Å². The summed E-state index contributed by atoms with van der Waals surface area (Å²) in [6.07, 6.45) is 2.21. The number of carboxylic acids is 1. The van der Waals surface area contributed by atoms with E-state index in [1.807, 2.05) is 13.8 Å². The minimum atomic E-state index is -1.90. The van der Waals surface area contributed by atoms with Gasteiger partial charge in [-0.2, -0.15) is 0 Å². The number of aliphatic hydroxyl groups is 1. The SMILES string of the molecule is CCC(CC)CC(=O)NCC(C)(O)C(=O)O. The van der Waals surface area contributed by atoms with Crippen molar-refractivity contribution in [2.75, 3.05) is 6.54 Å². The Hall–Kier alpha value is -1.10. The Kier molecular flexibility index (Phi) is 6.03. The quantitative estimate of drug-likeness (QED) is 0.604. The molecule has 1 amide bonds. The van der Waals surface area contributed by atoms with Crippen LogP contribution < -0.4 is 5.32 Å². The van der Waals surface area contributed by atoms with E-state index in [-0.39, 0.29) is 12.5 Å². The zero-order chi connectivity index (χ0) is 12.8. The average Bonchev–Trinajstić information content (AvgIpc) is 2.23. The molecule has 0 aromatic rings. The fourth-order valence-electron chi connectivity index (χ4n) is 1.26. The Balaban J connectivity index is 4.03. The second-order valence-electron chi connectivity index (χ2n) is 4.24. The predicted molar refractivity (Wildman–Crippen MR) is 60.0 cm³/mol. The van der Waals surface area contributed by atoms with Crippen molar-refractivity contribution in [1.82, 2.24) is 5.32 Å². The van der Waals surface area contributed by atoms with Crippen molar-refractivity contribution in [2.45, 2.75) is 45.6 Å². The molecule has 1 unspecified atom stereocenters. The number of carbonyl (C=O) groups is 2. The summed E-state index contributed by atoms with van der Waals surface area (Å²) >= 11 is 0. The van der Waals surface area contributed by atoms with Crippen LogP contribution in [0, 0.1) is 5.92 Å². The molecular weight excluding hydrogens is 210 g/mol. The molecule has 0 radical (unpaired) electrons. The third kappa shape index (κ3) is 5.11. The van der Waals surface area contributed by atoms with Crippen molar-refractivity contribution < 1.29 is 19.8 Å². The number of hydrogen-bond donors (Lipinski definition) is 3. The monoisotopic (exact) mass is 231 g/mol. The molecule has 0 aromatic carbocycles. The molecule has 5 nitrogen and oxygen atoms in total. The lowest BCUT2D eigenvalue weighted by atomic mass is 9.99. The van der Waals surface area contributed by atoms with Gasteiger partial charge in [0.15, 0.2) is 5.60 Å². The fourth-order valence-corrected chi connectivity index (χ4v) is 1.26. The van der Waals surface area contributed by atoms with E-state index in [1.54, 1.807) is 0 Å². The third-order valence-electron chi connectivity index (χ3n) is 2.72. The minimum absolute atomic E-state index is 0.213. The van der Waals surface area contributed by atoms with Crippen LogP contribution in [0.25, 0.3) is 0 Å².